The highest BCUT2D eigenvalue weighted by molar-refractivity contribution is 6.74. The number of carbonyl (C=O) groups is 1. The molecule has 0 spiro atoms. The molecule has 1 fully saturated rings. The van der Waals surface area contributed by atoms with Gasteiger partial charge in [-0.2, -0.15) is 0 Å². The Hall–Kier alpha value is -0.913. The third kappa shape index (κ3) is 4.79. The summed E-state index contributed by atoms with van der Waals surface area (Å²) in [5.41, 5.74) is 1.34. The first-order valence-electron chi connectivity index (χ1n) is 7.90. The van der Waals surface area contributed by atoms with Crippen LogP contribution in [0.15, 0.2) is 23.8 Å². The van der Waals surface area contributed by atoms with E-state index in [9.17, 15) is 9.90 Å². The molecule has 126 valence electrons. The lowest BCUT2D eigenvalue weighted by molar-refractivity contribution is -0.137. The molecule has 0 saturated heterocycles. The smallest absolute Gasteiger partial charge is 0.331 e. The number of ether oxygens (including phenoxy) is 1. The summed E-state index contributed by atoms with van der Waals surface area (Å²) in [5.74, 6) is -0.390. The van der Waals surface area contributed by atoms with E-state index in [2.05, 4.69) is 40.4 Å². The zero-order chi connectivity index (χ0) is 17.1. The maximum atomic E-state index is 11.7. The first-order valence-corrected chi connectivity index (χ1v) is 10.8. The number of aliphatic hydroxyl groups excluding tert-OH is 1. The Morgan fingerprint density at radius 2 is 2.05 bits per heavy atom. The summed E-state index contributed by atoms with van der Waals surface area (Å²) in [6.45, 7) is 16.9. The van der Waals surface area contributed by atoms with Crippen molar-refractivity contribution >= 4 is 14.3 Å². The molecular weight excluding hydrogens is 296 g/mol. The Labute approximate surface area is 135 Å². The van der Waals surface area contributed by atoms with Gasteiger partial charge in [0.1, 0.15) is 0 Å². The van der Waals surface area contributed by atoms with Crippen molar-refractivity contribution in [2.75, 3.05) is 6.61 Å². The minimum atomic E-state index is -1.91. The van der Waals surface area contributed by atoms with Gasteiger partial charge < -0.3 is 14.3 Å². The van der Waals surface area contributed by atoms with E-state index in [4.69, 9.17) is 9.16 Å². The second kappa shape index (κ2) is 7.11. The summed E-state index contributed by atoms with van der Waals surface area (Å²) in [6, 6.07) is 0. The predicted octanol–water partition coefficient (Wildman–Crippen LogP) is 3.58. The molecule has 0 heterocycles. The third-order valence-corrected chi connectivity index (χ3v) is 9.13. The van der Waals surface area contributed by atoms with Crippen LogP contribution in [0.25, 0.3) is 0 Å². The lowest BCUT2D eigenvalue weighted by Crippen LogP contribution is -2.46. The van der Waals surface area contributed by atoms with Crippen molar-refractivity contribution in [1.29, 1.82) is 0 Å². The van der Waals surface area contributed by atoms with Gasteiger partial charge in [0.05, 0.1) is 18.8 Å². The van der Waals surface area contributed by atoms with Gasteiger partial charge >= 0.3 is 5.97 Å². The van der Waals surface area contributed by atoms with Crippen LogP contribution in [0.3, 0.4) is 0 Å². The number of aliphatic hydroxyl groups is 1. The molecule has 1 N–H and O–H groups in total. The van der Waals surface area contributed by atoms with Crippen LogP contribution in [0.1, 0.15) is 40.5 Å². The molecule has 5 heteroatoms. The lowest BCUT2D eigenvalue weighted by atomic mass is 9.86. The van der Waals surface area contributed by atoms with Crippen molar-refractivity contribution in [2.45, 2.75) is 70.9 Å². The van der Waals surface area contributed by atoms with Crippen molar-refractivity contribution in [3.8, 4) is 0 Å². The zero-order valence-electron chi connectivity index (χ0n) is 14.7. The molecule has 0 aliphatic heterocycles. The fraction of sp³-hybridized carbons (Fsp3) is 0.706. The molecule has 1 rings (SSSR count). The molecule has 1 saturated carbocycles. The van der Waals surface area contributed by atoms with E-state index in [-0.39, 0.29) is 17.1 Å². The average molecular weight is 327 g/mol. The van der Waals surface area contributed by atoms with Crippen LogP contribution in [-0.4, -0.2) is 38.2 Å². The second-order valence-electron chi connectivity index (χ2n) is 7.40. The van der Waals surface area contributed by atoms with Gasteiger partial charge in [0.25, 0.3) is 0 Å². The van der Waals surface area contributed by atoms with E-state index in [0.29, 0.717) is 25.0 Å². The van der Waals surface area contributed by atoms with E-state index >= 15 is 0 Å². The maximum absolute atomic E-state index is 11.7. The van der Waals surface area contributed by atoms with E-state index in [0.717, 1.165) is 5.57 Å². The van der Waals surface area contributed by atoms with Crippen LogP contribution in [0.2, 0.25) is 18.1 Å². The number of hydrogen-bond acceptors (Lipinski definition) is 4. The summed E-state index contributed by atoms with van der Waals surface area (Å²) < 4.78 is 11.3. The molecule has 0 unspecified atom stereocenters. The first kappa shape index (κ1) is 19.1. The van der Waals surface area contributed by atoms with Crippen LogP contribution in [0, 0.1) is 0 Å². The fourth-order valence-electron chi connectivity index (χ4n) is 2.23. The Morgan fingerprint density at radius 3 is 2.55 bits per heavy atom. The zero-order valence-corrected chi connectivity index (χ0v) is 15.7. The van der Waals surface area contributed by atoms with Gasteiger partial charge in [-0.25, -0.2) is 4.79 Å². The molecule has 4 nitrogen and oxygen atoms in total. The molecule has 1 aliphatic rings. The summed E-state index contributed by atoms with van der Waals surface area (Å²) in [5, 5.41) is 10.3. The molecule has 2 atom stereocenters. The van der Waals surface area contributed by atoms with Crippen molar-refractivity contribution in [3.63, 3.8) is 0 Å². The predicted molar refractivity (Wildman–Crippen MR) is 91.2 cm³/mol. The first-order chi connectivity index (χ1) is 9.98. The number of esters is 1. The fourth-order valence-corrected chi connectivity index (χ4v) is 3.59. The highest BCUT2D eigenvalue weighted by Crippen LogP contribution is 2.40. The van der Waals surface area contributed by atoms with Crippen LogP contribution >= 0.6 is 0 Å². The summed E-state index contributed by atoms with van der Waals surface area (Å²) in [4.78, 5) is 11.7. The van der Waals surface area contributed by atoms with E-state index in [1.165, 1.54) is 6.08 Å². The SMILES string of the molecule is C=C1/C(=C\C(=O)OCC)C[C@@H](O[Si](C)(C)C(C)(C)C)C[C@H]1O. The molecule has 22 heavy (non-hydrogen) atoms. The van der Waals surface area contributed by atoms with Crippen LogP contribution in [0.4, 0.5) is 0 Å². The van der Waals surface area contributed by atoms with Gasteiger partial charge in [-0.1, -0.05) is 27.4 Å². The van der Waals surface area contributed by atoms with Gasteiger partial charge in [-0.3, -0.25) is 0 Å². The quantitative estimate of drug-likeness (QED) is 0.487. The molecule has 0 amide bonds. The second-order valence-corrected chi connectivity index (χ2v) is 12.2. The van der Waals surface area contributed by atoms with Crippen molar-refractivity contribution in [3.05, 3.63) is 23.8 Å². The Bertz CT molecular complexity index is 460. The summed E-state index contributed by atoms with van der Waals surface area (Å²) in [6.07, 6.45) is 1.83. The topological polar surface area (TPSA) is 55.8 Å². The normalized spacial score (nSPS) is 25.4. The lowest BCUT2D eigenvalue weighted by Gasteiger charge is -2.41. The van der Waals surface area contributed by atoms with Crippen molar-refractivity contribution < 1.29 is 19.1 Å². The average Bonchev–Trinajstić information content (AvgIpc) is 2.33. The van der Waals surface area contributed by atoms with Gasteiger partial charge in [-0.05, 0) is 42.6 Å². The van der Waals surface area contributed by atoms with E-state index < -0.39 is 14.4 Å². The Balaban J connectivity index is 2.88. The maximum Gasteiger partial charge on any atom is 0.331 e. The van der Waals surface area contributed by atoms with Crippen molar-refractivity contribution in [2.24, 2.45) is 0 Å². The molecule has 0 aromatic heterocycles. The van der Waals surface area contributed by atoms with Crippen molar-refractivity contribution in [1.82, 2.24) is 0 Å². The summed E-state index contributed by atoms with van der Waals surface area (Å²) in [7, 11) is -1.91. The van der Waals surface area contributed by atoms with Gasteiger partial charge in [0.15, 0.2) is 8.32 Å². The number of rotatable bonds is 4. The van der Waals surface area contributed by atoms with Gasteiger partial charge in [0.2, 0.25) is 0 Å². The molecule has 0 aromatic carbocycles. The Morgan fingerprint density at radius 1 is 1.45 bits per heavy atom. The molecule has 0 aromatic rings. The molecule has 1 aliphatic carbocycles. The van der Waals surface area contributed by atoms with Crippen LogP contribution < -0.4 is 0 Å². The number of carbonyl (C=O) groups excluding carboxylic acids is 1. The monoisotopic (exact) mass is 326 g/mol. The molecule has 0 bridgehead atoms. The third-order valence-electron chi connectivity index (χ3n) is 4.59. The summed E-state index contributed by atoms with van der Waals surface area (Å²) >= 11 is 0. The standard InChI is InChI=1S/C17H30O4Si/c1-8-20-16(19)10-13-9-14(11-15(18)12(13)2)21-22(6,7)17(3,4)5/h10,14-15,18H,2,8-9,11H2,1,3-7H3/b13-10-/t14-,15-/m1/s1. The highest BCUT2D eigenvalue weighted by Gasteiger charge is 2.41. The van der Waals surface area contributed by atoms with E-state index in [1.54, 1.807) is 6.92 Å². The van der Waals surface area contributed by atoms with Crippen LogP contribution in [-0.2, 0) is 14.0 Å². The molecule has 0 radical (unpaired) electrons. The minimum absolute atomic E-state index is 0.0814. The van der Waals surface area contributed by atoms with Gasteiger partial charge in [-0.15, -0.1) is 0 Å². The largest absolute Gasteiger partial charge is 0.463 e. The molecular formula is C17H30O4Si. The Kier molecular flexibility index (Phi) is 6.18. The van der Waals surface area contributed by atoms with E-state index in [1.807, 2.05) is 0 Å². The number of hydrogen-bond donors (Lipinski definition) is 1. The van der Waals surface area contributed by atoms with Crippen LogP contribution in [0.5, 0.6) is 0 Å². The minimum Gasteiger partial charge on any atom is -0.463 e. The van der Waals surface area contributed by atoms with Gasteiger partial charge in [0, 0.05) is 12.5 Å². The highest BCUT2D eigenvalue weighted by atomic mass is 28.4.